The lowest BCUT2D eigenvalue weighted by Crippen LogP contribution is -2.33. The summed E-state index contributed by atoms with van der Waals surface area (Å²) in [6, 6.07) is 3.18. The second kappa shape index (κ2) is 10.3. The van der Waals surface area contributed by atoms with Crippen LogP contribution in [-0.2, 0) is 32.1 Å². The number of nitrogens with zero attached hydrogens (tertiary/aromatic N) is 1. The molecule has 9 nitrogen and oxygen atoms in total. The van der Waals surface area contributed by atoms with E-state index in [4.69, 9.17) is 14.2 Å². The summed E-state index contributed by atoms with van der Waals surface area (Å²) in [5.74, 6) is -1.30. The van der Waals surface area contributed by atoms with Crippen molar-refractivity contribution < 1.29 is 33.4 Å². The first-order valence-electron chi connectivity index (χ1n) is 10.1. The maximum absolute atomic E-state index is 12.6. The van der Waals surface area contributed by atoms with Crippen molar-refractivity contribution in [1.29, 1.82) is 0 Å². The van der Waals surface area contributed by atoms with E-state index in [2.05, 4.69) is 5.32 Å². The monoisotopic (exact) mass is 434 g/mol. The van der Waals surface area contributed by atoms with Gasteiger partial charge in [0, 0.05) is 26.1 Å². The van der Waals surface area contributed by atoms with Crippen molar-refractivity contribution in [1.82, 2.24) is 10.2 Å². The molecule has 0 atom stereocenters. The summed E-state index contributed by atoms with van der Waals surface area (Å²) in [6.45, 7) is 6.52. The number of carbonyl (C=O) groups is 4. The Bertz CT molecular complexity index is 813. The summed E-state index contributed by atoms with van der Waals surface area (Å²) in [7, 11) is 2.48. The molecule has 0 fully saturated rings. The van der Waals surface area contributed by atoms with E-state index in [1.54, 1.807) is 37.8 Å². The van der Waals surface area contributed by atoms with E-state index < -0.39 is 23.6 Å². The highest BCUT2D eigenvalue weighted by molar-refractivity contribution is 6.03. The Morgan fingerprint density at radius 1 is 0.935 bits per heavy atom. The number of rotatable bonds is 7. The highest BCUT2D eigenvalue weighted by Crippen LogP contribution is 2.28. The molecule has 0 saturated carbocycles. The summed E-state index contributed by atoms with van der Waals surface area (Å²) in [5.41, 5.74) is 1.29. The molecule has 170 valence electrons. The molecule has 0 spiro atoms. The molecule has 9 heteroatoms. The van der Waals surface area contributed by atoms with Gasteiger partial charge in [0.05, 0.1) is 25.3 Å². The van der Waals surface area contributed by atoms with Crippen molar-refractivity contribution in [2.24, 2.45) is 0 Å². The van der Waals surface area contributed by atoms with Gasteiger partial charge in [0.1, 0.15) is 5.60 Å². The number of unbranched alkanes of at least 4 members (excludes halogenated alkanes) is 1. The van der Waals surface area contributed by atoms with Crippen LogP contribution >= 0.6 is 0 Å². The molecule has 0 aliphatic carbocycles. The van der Waals surface area contributed by atoms with Crippen molar-refractivity contribution in [2.75, 3.05) is 20.8 Å². The number of esters is 2. The van der Waals surface area contributed by atoms with Gasteiger partial charge in [-0.05, 0) is 56.9 Å². The van der Waals surface area contributed by atoms with E-state index in [9.17, 15) is 19.2 Å². The number of amides is 2. The van der Waals surface area contributed by atoms with Gasteiger partial charge in [0.15, 0.2) is 0 Å². The highest BCUT2D eigenvalue weighted by atomic mass is 16.6. The number of hydrogen-bond donors (Lipinski definition) is 1. The highest BCUT2D eigenvalue weighted by Gasteiger charge is 2.28. The molecule has 2 rings (SSSR count). The van der Waals surface area contributed by atoms with Gasteiger partial charge in [-0.2, -0.15) is 0 Å². The number of nitrogens with one attached hydrogen (secondary N) is 1. The number of ether oxygens (including phenoxy) is 3. The van der Waals surface area contributed by atoms with Crippen LogP contribution in [0.25, 0.3) is 0 Å². The quantitative estimate of drug-likeness (QED) is 0.399. The zero-order valence-electron chi connectivity index (χ0n) is 18.7. The Labute approximate surface area is 182 Å². The van der Waals surface area contributed by atoms with Gasteiger partial charge < -0.3 is 24.4 Å². The lowest BCUT2D eigenvalue weighted by atomic mass is 10.00. The van der Waals surface area contributed by atoms with Crippen molar-refractivity contribution in [3.8, 4) is 0 Å². The number of benzene rings is 1. The van der Waals surface area contributed by atoms with Crippen LogP contribution in [0.1, 0.15) is 71.9 Å². The molecule has 2 amide bonds. The smallest absolute Gasteiger partial charge is 0.407 e. The van der Waals surface area contributed by atoms with Gasteiger partial charge in [-0.15, -0.1) is 0 Å². The number of alkyl carbamates (subject to hydrolysis) is 1. The van der Waals surface area contributed by atoms with Crippen LogP contribution in [0.3, 0.4) is 0 Å². The first-order chi connectivity index (χ1) is 14.6. The first kappa shape index (κ1) is 24.2. The fourth-order valence-corrected chi connectivity index (χ4v) is 3.25. The van der Waals surface area contributed by atoms with Crippen LogP contribution in [0.15, 0.2) is 12.1 Å². The Balaban J connectivity index is 1.89. The van der Waals surface area contributed by atoms with Gasteiger partial charge in [-0.3, -0.25) is 4.79 Å². The van der Waals surface area contributed by atoms with Crippen LogP contribution in [-0.4, -0.2) is 55.2 Å². The zero-order valence-corrected chi connectivity index (χ0v) is 18.7. The Hall–Kier alpha value is -3.10. The molecular formula is C22H30N2O7. The topological polar surface area (TPSA) is 111 Å². The van der Waals surface area contributed by atoms with Crippen molar-refractivity contribution >= 4 is 23.9 Å². The van der Waals surface area contributed by atoms with E-state index >= 15 is 0 Å². The van der Waals surface area contributed by atoms with Crippen LogP contribution in [0, 0.1) is 0 Å². The Morgan fingerprint density at radius 3 is 1.90 bits per heavy atom. The van der Waals surface area contributed by atoms with E-state index in [0.29, 0.717) is 38.9 Å². The van der Waals surface area contributed by atoms with Gasteiger partial charge in [0.2, 0.25) is 5.91 Å². The van der Waals surface area contributed by atoms with Crippen molar-refractivity contribution in [2.45, 2.75) is 58.7 Å². The second-order valence-corrected chi connectivity index (χ2v) is 8.29. The number of carbonyl (C=O) groups excluding carboxylic acids is 4. The van der Waals surface area contributed by atoms with E-state index in [0.717, 1.165) is 11.1 Å². The molecule has 0 aromatic heterocycles. The largest absolute Gasteiger partial charge is 0.465 e. The SMILES string of the molecule is COC(=O)c1cc2c(cc1C(=O)OC)CN(C(=O)CCCCNC(=O)OC(C)(C)C)C2. The van der Waals surface area contributed by atoms with Crippen LogP contribution in [0.4, 0.5) is 4.79 Å². The van der Waals surface area contributed by atoms with Crippen LogP contribution in [0.2, 0.25) is 0 Å². The van der Waals surface area contributed by atoms with E-state index in [1.165, 1.54) is 14.2 Å². The number of fused-ring (bicyclic) bond motifs is 1. The lowest BCUT2D eigenvalue weighted by Gasteiger charge is -2.19. The average Bonchev–Trinajstić information content (AvgIpc) is 3.13. The molecule has 0 radical (unpaired) electrons. The predicted molar refractivity (Wildman–Crippen MR) is 111 cm³/mol. The number of hydrogen-bond acceptors (Lipinski definition) is 7. The molecule has 1 aromatic carbocycles. The van der Waals surface area contributed by atoms with E-state index in [-0.39, 0.29) is 17.0 Å². The summed E-state index contributed by atoms with van der Waals surface area (Å²) in [4.78, 5) is 50.0. The van der Waals surface area contributed by atoms with Crippen molar-refractivity contribution in [3.63, 3.8) is 0 Å². The molecule has 1 aromatic rings. The Morgan fingerprint density at radius 2 is 1.45 bits per heavy atom. The maximum atomic E-state index is 12.6. The standard InChI is InChI=1S/C22H30N2O7/c1-22(2,3)31-21(28)23-9-7-6-8-18(25)24-12-14-10-16(19(26)29-4)17(20(27)30-5)11-15(14)13-24/h10-11H,6-9,12-13H2,1-5H3,(H,23,28). The third-order valence-corrected chi connectivity index (χ3v) is 4.71. The van der Waals surface area contributed by atoms with Gasteiger partial charge in [-0.1, -0.05) is 0 Å². The minimum Gasteiger partial charge on any atom is -0.465 e. The third-order valence-electron chi connectivity index (χ3n) is 4.71. The number of methoxy groups -OCH3 is 2. The molecule has 1 aliphatic heterocycles. The minimum absolute atomic E-state index is 0.0345. The summed E-state index contributed by atoms with van der Waals surface area (Å²) in [5, 5.41) is 2.67. The van der Waals surface area contributed by atoms with Crippen LogP contribution < -0.4 is 5.32 Å². The molecule has 0 bridgehead atoms. The third kappa shape index (κ3) is 6.70. The fraction of sp³-hybridized carbons (Fsp3) is 0.545. The summed E-state index contributed by atoms with van der Waals surface area (Å²) >= 11 is 0. The molecule has 1 heterocycles. The molecule has 31 heavy (non-hydrogen) atoms. The minimum atomic E-state index is -0.634. The van der Waals surface area contributed by atoms with Gasteiger partial charge in [-0.25, -0.2) is 14.4 Å². The lowest BCUT2D eigenvalue weighted by molar-refractivity contribution is -0.131. The van der Waals surface area contributed by atoms with Crippen molar-refractivity contribution in [3.05, 3.63) is 34.4 Å². The molecule has 1 aliphatic rings. The molecular weight excluding hydrogens is 404 g/mol. The summed E-state index contributed by atoms with van der Waals surface area (Å²) in [6.07, 6.45) is 1.11. The molecule has 0 saturated heterocycles. The predicted octanol–water partition coefficient (Wildman–Crippen LogP) is 2.80. The summed E-state index contributed by atoms with van der Waals surface area (Å²) < 4.78 is 14.7. The second-order valence-electron chi connectivity index (χ2n) is 8.29. The Kier molecular flexibility index (Phi) is 8.01. The molecule has 0 unspecified atom stereocenters. The zero-order chi connectivity index (χ0) is 23.2. The van der Waals surface area contributed by atoms with E-state index in [1.807, 2.05) is 0 Å². The molecule has 1 N–H and O–H groups in total. The van der Waals surface area contributed by atoms with Crippen LogP contribution in [0.5, 0.6) is 0 Å². The van der Waals surface area contributed by atoms with Gasteiger partial charge in [0.25, 0.3) is 0 Å². The normalized spacial score (nSPS) is 12.7. The maximum Gasteiger partial charge on any atom is 0.407 e. The first-order valence-corrected chi connectivity index (χ1v) is 10.1. The van der Waals surface area contributed by atoms with Gasteiger partial charge >= 0.3 is 18.0 Å². The fourth-order valence-electron chi connectivity index (χ4n) is 3.25. The average molecular weight is 434 g/mol.